The Morgan fingerprint density at radius 2 is 2.67 bits per heavy atom. The number of ketones is 1. The monoisotopic (exact) mass is 140 g/mol. The molecule has 0 fully saturated rings. The minimum absolute atomic E-state index is 0.255. The molecule has 0 saturated heterocycles. The summed E-state index contributed by atoms with van der Waals surface area (Å²) in [7, 11) is 0. The Bertz CT molecular complexity index is 316. The third-order valence-electron chi connectivity index (χ3n) is 1.39. The van der Waals surface area contributed by atoms with Crippen LogP contribution in [0.1, 0.15) is 24.3 Å². The van der Waals surface area contributed by atoms with Crippen LogP contribution in [0.25, 0.3) is 0 Å². The van der Waals surface area contributed by atoms with E-state index in [9.17, 15) is 4.79 Å². The van der Waals surface area contributed by atoms with Gasteiger partial charge in [0.1, 0.15) is 0 Å². The summed E-state index contributed by atoms with van der Waals surface area (Å²) in [6, 6.07) is 1.82. The second kappa shape index (κ2) is 1.67. The van der Waals surface area contributed by atoms with Gasteiger partial charge in [0.05, 0.1) is 4.88 Å². The first-order chi connectivity index (χ1) is 5.11. The van der Waals surface area contributed by atoms with Crippen molar-refractivity contribution < 1.29 is 7.54 Å². The average molecular weight is 140 g/mol. The van der Waals surface area contributed by atoms with E-state index in [-0.39, 0.29) is 12.2 Å². The van der Waals surface area contributed by atoms with E-state index >= 15 is 0 Å². The van der Waals surface area contributed by atoms with Crippen LogP contribution in [0.3, 0.4) is 0 Å². The third-order valence-corrected chi connectivity index (χ3v) is 2.35. The van der Waals surface area contributed by atoms with Gasteiger partial charge in [0.15, 0.2) is 5.78 Å². The fourth-order valence-electron chi connectivity index (χ4n) is 0.930. The molecule has 9 heavy (non-hydrogen) atoms. The SMILES string of the molecule is [2H]C1([2H])Cc2ccsc2C1=O. The van der Waals surface area contributed by atoms with Crippen molar-refractivity contribution in [2.24, 2.45) is 0 Å². The first kappa shape index (κ1) is 3.52. The van der Waals surface area contributed by atoms with E-state index in [2.05, 4.69) is 0 Å². The highest BCUT2D eigenvalue weighted by Gasteiger charge is 2.19. The zero-order valence-corrected chi connectivity index (χ0v) is 5.49. The van der Waals surface area contributed by atoms with Gasteiger partial charge in [-0.15, -0.1) is 11.3 Å². The Morgan fingerprint density at radius 1 is 1.78 bits per heavy atom. The van der Waals surface area contributed by atoms with E-state index in [1.165, 1.54) is 11.3 Å². The van der Waals surface area contributed by atoms with Crippen LogP contribution in [0.5, 0.6) is 0 Å². The number of rotatable bonds is 0. The van der Waals surface area contributed by atoms with Gasteiger partial charge in [0, 0.05) is 9.11 Å². The molecule has 0 atom stereocenters. The zero-order valence-electron chi connectivity index (χ0n) is 6.68. The molecular weight excluding hydrogens is 132 g/mol. The van der Waals surface area contributed by atoms with Crippen LogP contribution in [0.4, 0.5) is 0 Å². The highest BCUT2D eigenvalue weighted by Crippen LogP contribution is 2.26. The van der Waals surface area contributed by atoms with Crippen LogP contribution in [-0.4, -0.2) is 5.78 Å². The molecule has 0 spiro atoms. The zero-order chi connectivity index (χ0) is 8.06. The number of carbonyl (C=O) groups is 1. The molecule has 1 aromatic rings. The van der Waals surface area contributed by atoms with E-state index in [0.717, 1.165) is 5.56 Å². The van der Waals surface area contributed by atoms with Crippen molar-refractivity contribution in [2.45, 2.75) is 12.8 Å². The number of aryl methyl sites for hydroxylation is 1. The smallest absolute Gasteiger partial charge is 0.173 e. The highest BCUT2D eigenvalue weighted by atomic mass is 32.1. The van der Waals surface area contributed by atoms with E-state index in [1.807, 2.05) is 11.4 Å². The lowest BCUT2D eigenvalue weighted by Crippen LogP contribution is -1.84. The Balaban J connectivity index is 2.54. The summed E-state index contributed by atoms with van der Waals surface area (Å²) in [5.41, 5.74) is 0.866. The molecule has 0 N–H and O–H groups in total. The summed E-state index contributed by atoms with van der Waals surface area (Å²) in [5, 5.41) is 1.83. The molecule has 0 aliphatic heterocycles. The highest BCUT2D eigenvalue weighted by molar-refractivity contribution is 7.12. The molecule has 0 saturated carbocycles. The third kappa shape index (κ3) is 0.630. The predicted molar refractivity (Wildman–Crippen MR) is 37.0 cm³/mol. The molecule has 46 valence electrons. The molecule has 1 aliphatic carbocycles. The first-order valence-corrected chi connectivity index (χ1v) is 3.60. The van der Waals surface area contributed by atoms with Gasteiger partial charge < -0.3 is 0 Å². The fraction of sp³-hybridized carbons (Fsp3) is 0.286. The van der Waals surface area contributed by atoms with Crippen molar-refractivity contribution in [1.29, 1.82) is 0 Å². The second-order valence-corrected chi connectivity index (χ2v) is 2.87. The molecule has 2 heteroatoms. The minimum atomic E-state index is -1.64. The summed E-state index contributed by atoms with van der Waals surface area (Å²) in [6.45, 7) is 0. The molecule has 2 rings (SSSR count). The molecule has 1 nitrogen and oxygen atoms in total. The molecule has 0 bridgehead atoms. The molecule has 0 unspecified atom stereocenters. The molecule has 1 aliphatic rings. The minimum Gasteiger partial charge on any atom is -0.293 e. The van der Waals surface area contributed by atoms with E-state index in [4.69, 9.17) is 2.74 Å². The molecular formula is C7H6OS. The van der Waals surface area contributed by atoms with E-state index in [1.54, 1.807) is 0 Å². The van der Waals surface area contributed by atoms with Crippen LogP contribution in [0.2, 0.25) is 0 Å². The number of fused-ring (bicyclic) bond motifs is 1. The maximum atomic E-state index is 11.2. The number of Topliss-reactive ketones (excluding diaryl/α,β-unsaturated/α-hetero) is 1. The Labute approximate surface area is 60.1 Å². The topological polar surface area (TPSA) is 17.1 Å². The standard InChI is InChI=1S/C7H6OS/c8-6-2-1-5-3-4-9-7(5)6/h3-4H,1-2H2/i2D2. The predicted octanol–water partition coefficient (Wildman–Crippen LogP) is 1.88. The fourth-order valence-corrected chi connectivity index (χ4v) is 1.77. The van der Waals surface area contributed by atoms with Gasteiger partial charge in [-0.2, -0.15) is 0 Å². The Kier molecular flexibility index (Phi) is 0.654. The molecule has 1 heterocycles. The van der Waals surface area contributed by atoms with Gasteiger partial charge in [-0.05, 0) is 23.4 Å². The summed E-state index contributed by atoms with van der Waals surface area (Å²) in [6.07, 6.45) is -1.38. The molecule has 1 aromatic heterocycles. The normalized spacial score (nSPS) is 25.1. The Morgan fingerprint density at radius 3 is 3.44 bits per heavy atom. The lowest BCUT2D eigenvalue weighted by molar-refractivity contribution is 0.0998. The summed E-state index contributed by atoms with van der Waals surface area (Å²) >= 11 is 1.33. The number of hydrogen-bond acceptors (Lipinski definition) is 2. The maximum Gasteiger partial charge on any atom is 0.173 e. The number of hydrogen-bond donors (Lipinski definition) is 0. The van der Waals surface area contributed by atoms with Crippen molar-refractivity contribution >= 4 is 17.1 Å². The molecule has 0 aromatic carbocycles. The van der Waals surface area contributed by atoms with Crippen molar-refractivity contribution in [3.8, 4) is 0 Å². The largest absolute Gasteiger partial charge is 0.293 e. The van der Waals surface area contributed by atoms with Crippen molar-refractivity contribution in [1.82, 2.24) is 0 Å². The summed E-state index contributed by atoms with van der Waals surface area (Å²) in [4.78, 5) is 11.8. The molecule has 0 amide bonds. The number of thiophene rings is 1. The second-order valence-electron chi connectivity index (χ2n) is 1.96. The maximum absolute atomic E-state index is 11.2. The van der Waals surface area contributed by atoms with Gasteiger partial charge in [-0.3, -0.25) is 4.79 Å². The van der Waals surface area contributed by atoms with Gasteiger partial charge in [-0.25, -0.2) is 0 Å². The average Bonchev–Trinajstić information content (AvgIpc) is 2.39. The Hall–Kier alpha value is -0.630. The van der Waals surface area contributed by atoms with Crippen molar-refractivity contribution in [3.05, 3.63) is 21.9 Å². The van der Waals surface area contributed by atoms with Gasteiger partial charge in [0.2, 0.25) is 0 Å². The van der Waals surface area contributed by atoms with Crippen molar-refractivity contribution in [3.63, 3.8) is 0 Å². The van der Waals surface area contributed by atoms with E-state index < -0.39 is 6.37 Å². The van der Waals surface area contributed by atoms with Crippen molar-refractivity contribution in [2.75, 3.05) is 0 Å². The van der Waals surface area contributed by atoms with Gasteiger partial charge >= 0.3 is 0 Å². The number of carbonyl (C=O) groups excluding carboxylic acids is 1. The lowest BCUT2D eigenvalue weighted by atomic mass is 10.3. The van der Waals surface area contributed by atoms with Gasteiger partial charge in [-0.1, -0.05) is 0 Å². The van der Waals surface area contributed by atoms with Crippen LogP contribution in [-0.2, 0) is 6.42 Å². The first-order valence-electron chi connectivity index (χ1n) is 3.72. The van der Waals surface area contributed by atoms with Crippen LogP contribution in [0.15, 0.2) is 11.4 Å². The van der Waals surface area contributed by atoms with Crippen LogP contribution >= 0.6 is 11.3 Å². The lowest BCUT2D eigenvalue weighted by Gasteiger charge is -1.79. The van der Waals surface area contributed by atoms with Crippen LogP contribution in [0, 0.1) is 0 Å². The van der Waals surface area contributed by atoms with Gasteiger partial charge in [0.25, 0.3) is 0 Å². The summed E-state index contributed by atoms with van der Waals surface area (Å²) < 4.78 is 14.6. The quantitative estimate of drug-likeness (QED) is 0.537. The molecule has 0 radical (unpaired) electrons. The van der Waals surface area contributed by atoms with E-state index in [0.29, 0.717) is 4.88 Å². The summed E-state index contributed by atoms with van der Waals surface area (Å²) in [5.74, 6) is -0.345. The van der Waals surface area contributed by atoms with Crippen LogP contribution < -0.4 is 0 Å².